The van der Waals surface area contributed by atoms with E-state index in [9.17, 15) is 9.59 Å². The average Bonchev–Trinajstić information content (AvgIpc) is 3.18. The van der Waals surface area contributed by atoms with Gasteiger partial charge in [0.15, 0.2) is 0 Å². The van der Waals surface area contributed by atoms with Crippen LogP contribution in [0.4, 0.5) is 5.69 Å². The molecule has 1 aromatic heterocycles. The van der Waals surface area contributed by atoms with E-state index in [1.165, 1.54) is 0 Å². The summed E-state index contributed by atoms with van der Waals surface area (Å²) in [5.74, 6) is -0.750. The summed E-state index contributed by atoms with van der Waals surface area (Å²) < 4.78 is 0. The van der Waals surface area contributed by atoms with Gasteiger partial charge >= 0.3 is 0 Å². The van der Waals surface area contributed by atoms with Crippen LogP contribution in [0.5, 0.6) is 0 Å². The van der Waals surface area contributed by atoms with Crippen molar-refractivity contribution in [3.63, 3.8) is 0 Å². The van der Waals surface area contributed by atoms with Gasteiger partial charge in [0.1, 0.15) is 0 Å². The first-order valence-electron chi connectivity index (χ1n) is 8.52. The van der Waals surface area contributed by atoms with Gasteiger partial charge < -0.3 is 10.2 Å². The zero-order valence-electron chi connectivity index (χ0n) is 14.6. The lowest BCUT2D eigenvalue weighted by Gasteiger charge is -2.39. The van der Waals surface area contributed by atoms with Crippen LogP contribution in [-0.2, 0) is 4.79 Å². The van der Waals surface area contributed by atoms with Crippen molar-refractivity contribution in [1.82, 2.24) is 4.90 Å². The summed E-state index contributed by atoms with van der Waals surface area (Å²) in [6.07, 6.45) is 0. The first-order chi connectivity index (χ1) is 13.1. The van der Waals surface area contributed by atoms with Crippen molar-refractivity contribution in [1.29, 1.82) is 0 Å². The lowest BCUT2D eigenvalue weighted by molar-refractivity contribution is -0.119. The Balaban J connectivity index is 1.79. The van der Waals surface area contributed by atoms with Crippen molar-refractivity contribution in [2.45, 2.75) is 12.0 Å². The number of halogens is 1. The summed E-state index contributed by atoms with van der Waals surface area (Å²) in [5.41, 5.74) is 1.95. The van der Waals surface area contributed by atoms with Gasteiger partial charge in [0.05, 0.1) is 12.0 Å². The predicted molar refractivity (Wildman–Crippen MR) is 108 cm³/mol. The van der Waals surface area contributed by atoms with Crippen LogP contribution in [0.2, 0.25) is 5.02 Å². The van der Waals surface area contributed by atoms with Gasteiger partial charge in [-0.3, -0.25) is 9.59 Å². The Morgan fingerprint density at radius 2 is 1.93 bits per heavy atom. The van der Waals surface area contributed by atoms with Crippen molar-refractivity contribution in [2.75, 3.05) is 12.4 Å². The Labute approximate surface area is 166 Å². The maximum Gasteiger partial charge on any atom is 0.254 e. The van der Waals surface area contributed by atoms with E-state index in [0.717, 1.165) is 10.4 Å². The number of amides is 2. The number of rotatable bonds is 3. The third kappa shape index (κ3) is 3.24. The molecule has 0 saturated carbocycles. The maximum absolute atomic E-state index is 13.3. The zero-order chi connectivity index (χ0) is 19.0. The van der Waals surface area contributed by atoms with Gasteiger partial charge in [0, 0.05) is 28.2 Å². The molecule has 136 valence electrons. The molecule has 0 bridgehead atoms. The number of thiophene rings is 1. The number of nitrogens with one attached hydrogen (secondary N) is 1. The van der Waals surface area contributed by atoms with Gasteiger partial charge in [-0.05, 0) is 41.3 Å². The van der Waals surface area contributed by atoms with E-state index < -0.39 is 5.92 Å². The predicted octanol–water partition coefficient (Wildman–Crippen LogP) is 4.95. The summed E-state index contributed by atoms with van der Waals surface area (Å²) in [7, 11) is 1.75. The molecule has 1 N–H and O–H groups in total. The molecule has 2 amide bonds. The normalized spacial score (nSPS) is 18.9. The molecule has 1 aliphatic rings. The van der Waals surface area contributed by atoms with Crippen LogP contribution in [0.1, 0.15) is 32.8 Å². The van der Waals surface area contributed by atoms with E-state index in [2.05, 4.69) is 5.32 Å². The Hall–Kier alpha value is -2.63. The van der Waals surface area contributed by atoms with Gasteiger partial charge in [-0.1, -0.05) is 41.9 Å². The first kappa shape index (κ1) is 17.8. The molecule has 0 saturated heterocycles. The molecule has 2 aromatic carbocycles. The number of hydrogen-bond acceptors (Lipinski definition) is 3. The van der Waals surface area contributed by atoms with Crippen molar-refractivity contribution in [2.24, 2.45) is 0 Å². The number of fused-ring (bicyclic) bond motifs is 1. The van der Waals surface area contributed by atoms with Crippen LogP contribution < -0.4 is 5.32 Å². The molecular weight excluding hydrogens is 380 g/mol. The molecule has 4 rings (SSSR count). The molecule has 2 heterocycles. The Morgan fingerprint density at radius 3 is 2.67 bits per heavy atom. The average molecular weight is 397 g/mol. The fraction of sp³-hybridized carbons (Fsp3) is 0.143. The number of nitrogens with zero attached hydrogens (tertiary/aromatic N) is 1. The smallest absolute Gasteiger partial charge is 0.254 e. The molecule has 1 aliphatic heterocycles. The molecule has 0 aliphatic carbocycles. The lowest BCUT2D eigenvalue weighted by Crippen LogP contribution is -2.43. The highest BCUT2D eigenvalue weighted by Crippen LogP contribution is 2.43. The highest BCUT2D eigenvalue weighted by Gasteiger charge is 2.43. The van der Waals surface area contributed by atoms with Gasteiger partial charge in [-0.25, -0.2) is 0 Å². The summed E-state index contributed by atoms with van der Waals surface area (Å²) in [4.78, 5) is 28.8. The van der Waals surface area contributed by atoms with Crippen molar-refractivity contribution in [3.8, 4) is 0 Å². The number of carbonyl (C=O) groups is 2. The second kappa shape index (κ2) is 7.18. The summed E-state index contributed by atoms with van der Waals surface area (Å²) >= 11 is 7.59. The molecule has 6 heteroatoms. The van der Waals surface area contributed by atoms with E-state index >= 15 is 0 Å². The Kier molecular flexibility index (Phi) is 4.72. The highest BCUT2D eigenvalue weighted by molar-refractivity contribution is 7.10. The van der Waals surface area contributed by atoms with Crippen molar-refractivity contribution >= 4 is 40.4 Å². The van der Waals surface area contributed by atoms with Gasteiger partial charge in [-0.15, -0.1) is 11.3 Å². The third-order valence-corrected chi connectivity index (χ3v) is 5.97. The Bertz CT molecular complexity index is 1000. The minimum absolute atomic E-state index is 0.0733. The number of benzene rings is 2. The van der Waals surface area contributed by atoms with Crippen LogP contribution in [0.25, 0.3) is 0 Å². The second-order valence-corrected chi connectivity index (χ2v) is 7.86. The molecule has 3 aromatic rings. The highest BCUT2D eigenvalue weighted by atomic mass is 35.5. The number of hydrogen-bond donors (Lipinski definition) is 1. The summed E-state index contributed by atoms with van der Waals surface area (Å²) in [5, 5.41) is 5.48. The number of likely N-dealkylation sites (N-methyl/N-ethyl adjacent to an activating group) is 1. The zero-order valence-corrected chi connectivity index (χ0v) is 16.1. The van der Waals surface area contributed by atoms with Gasteiger partial charge in [0.25, 0.3) is 5.91 Å². The SMILES string of the molecule is CN1C(=O)c2ccccc2[C@@H](C(=O)Nc2cccc(Cl)c2)[C@@H]1c1cccs1. The molecule has 0 fully saturated rings. The quantitative estimate of drug-likeness (QED) is 0.680. The molecule has 4 nitrogen and oxygen atoms in total. The standard InChI is InChI=1S/C21H17ClN2O2S/c1-24-19(17-10-5-11-27-17)18(15-8-2-3-9-16(15)21(24)26)20(25)23-14-7-4-6-13(22)12-14/h2-12,18-19H,1H3,(H,23,25)/t18-,19+/m1/s1. The van der Waals surface area contributed by atoms with Crippen molar-refractivity contribution < 1.29 is 9.59 Å². The molecule has 27 heavy (non-hydrogen) atoms. The third-order valence-electron chi connectivity index (χ3n) is 4.79. The molecule has 2 atom stereocenters. The summed E-state index contributed by atoms with van der Waals surface area (Å²) in [6, 6.07) is 17.9. The minimum atomic E-state index is -0.512. The van der Waals surface area contributed by atoms with Crippen LogP contribution in [0.3, 0.4) is 0 Å². The molecule has 0 unspecified atom stereocenters. The second-order valence-electron chi connectivity index (χ2n) is 6.44. The van der Waals surface area contributed by atoms with E-state index in [4.69, 9.17) is 11.6 Å². The fourth-order valence-corrected chi connectivity index (χ4v) is 4.65. The van der Waals surface area contributed by atoms with Crippen LogP contribution in [0, 0.1) is 0 Å². The lowest BCUT2D eigenvalue weighted by atomic mass is 9.81. The van der Waals surface area contributed by atoms with Gasteiger partial charge in [0.2, 0.25) is 5.91 Å². The van der Waals surface area contributed by atoms with Crippen LogP contribution in [-0.4, -0.2) is 23.8 Å². The monoisotopic (exact) mass is 396 g/mol. The van der Waals surface area contributed by atoms with E-state index in [1.807, 2.05) is 35.7 Å². The van der Waals surface area contributed by atoms with E-state index in [0.29, 0.717) is 16.3 Å². The van der Waals surface area contributed by atoms with Crippen molar-refractivity contribution in [3.05, 3.63) is 87.1 Å². The van der Waals surface area contributed by atoms with E-state index in [1.54, 1.807) is 53.6 Å². The molecular formula is C21H17ClN2O2S. The summed E-state index contributed by atoms with van der Waals surface area (Å²) in [6.45, 7) is 0. The molecule has 0 spiro atoms. The number of carbonyl (C=O) groups excluding carboxylic acids is 2. The van der Waals surface area contributed by atoms with Crippen LogP contribution in [0.15, 0.2) is 66.0 Å². The Morgan fingerprint density at radius 1 is 1.11 bits per heavy atom. The van der Waals surface area contributed by atoms with E-state index in [-0.39, 0.29) is 17.9 Å². The van der Waals surface area contributed by atoms with Crippen LogP contribution >= 0.6 is 22.9 Å². The number of anilines is 1. The topological polar surface area (TPSA) is 49.4 Å². The fourth-order valence-electron chi connectivity index (χ4n) is 3.56. The molecule has 0 radical (unpaired) electrons. The largest absolute Gasteiger partial charge is 0.333 e. The first-order valence-corrected chi connectivity index (χ1v) is 9.78. The maximum atomic E-state index is 13.3. The van der Waals surface area contributed by atoms with Gasteiger partial charge in [-0.2, -0.15) is 0 Å². The minimum Gasteiger partial charge on any atom is -0.333 e.